The lowest BCUT2D eigenvalue weighted by Gasteiger charge is -2.25. The van der Waals surface area contributed by atoms with Crippen molar-refractivity contribution in [1.82, 2.24) is 0 Å². The van der Waals surface area contributed by atoms with Crippen molar-refractivity contribution in [1.29, 1.82) is 0 Å². The second-order valence-electron chi connectivity index (χ2n) is 5.90. The predicted molar refractivity (Wildman–Crippen MR) is 82.2 cm³/mol. The molecule has 0 saturated carbocycles. The van der Waals surface area contributed by atoms with Gasteiger partial charge in [-0.05, 0) is 55.4 Å². The molecule has 1 atom stereocenters. The maximum atomic E-state index is 13.8. The number of rotatable bonds is 3. The van der Waals surface area contributed by atoms with Crippen LogP contribution in [0.25, 0.3) is 0 Å². The van der Waals surface area contributed by atoms with Crippen LogP contribution >= 0.6 is 0 Å². The summed E-state index contributed by atoms with van der Waals surface area (Å²) in [6.07, 6.45) is 3.60. The van der Waals surface area contributed by atoms with Crippen LogP contribution in [0.4, 0.5) is 4.39 Å². The minimum atomic E-state index is -0.408. The summed E-state index contributed by atoms with van der Waals surface area (Å²) in [5.74, 6) is -0.269. The maximum absolute atomic E-state index is 13.8. The Labute approximate surface area is 124 Å². The van der Waals surface area contributed by atoms with E-state index in [-0.39, 0.29) is 17.3 Å². The SMILES string of the molecule is Cc1ccc(F)c(C(=O)CC2CCCc3ccccc32)c1. The summed E-state index contributed by atoms with van der Waals surface area (Å²) in [5.41, 5.74) is 3.76. The number of aryl methyl sites for hydroxylation is 2. The third kappa shape index (κ3) is 2.90. The highest BCUT2D eigenvalue weighted by atomic mass is 19.1. The monoisotopic (exact) mass is 282 g/mol. The van der Waals surface area contributed by atoms with Crippen molar-refractivity contribution in [2.24, 2.45) is 0 Å². The molecule has 108 valence electrons. The van der Waals surface area contributed by atoms with Crippen LogP contribution in [-0.2, 0) is 6.42 Å². The first kappa shape index (κ1) is 14.0. The van der Waals surface area contributed by atoms with E-state index >= 15 is 0 Å². The number of ketones is 1. The molecule has 21 heavy (non-hydrogen) atoms. The molecule has 2 aromatic carbocycles. The highest BCUT2D eigenvalue weighted by molar-refractivity contribution is 5.97. The Balaban J connectivity index is 1.84. The molecule has 3 rings (SSSR count). The van der Waals surface area contributed by atoms with Crippen LogP contribution in [0.2, 0.25) is 0 Å². The third-order valence-corrected chi connectivity index (χ3v) is 4.35. The molecule has 0 amide bonds. The Hall–Kier alpha value is -1.96. The molecule has 1 aliphatic carbocycles. The smallest absolute Gasteiger partial charge is 0.166 e. The van der Waals surface area contributed by atoms with Crippen LogP contribution in [0.15, 0.2) is 42.5 Å². The normalized spacial score (nSPS) is 17.3. The number of carbonyl (C=O) groups excluding carboxylic acids is 1. The van der Waals surface area contributed by atoms with Crippen molar-refractivity contribution in [2.75, 3.05) is 0 Å². The first-order valence-electron chi connectivity index (χ1n) is 7.52. The molecule has 0 fully saturated rings. The zero-order valence-electron chi connectivity index (χ0n) is 12.2. The topological polar surface area (TPSA) is 17.1 Å². The molecule has 2 heteroatoms. The van der Waals surface area contributed by atoms with Crippen LogP contribution in [0.5, 0.6) is 0 Å². The largest absolute Gasteiger partial charge is 0.294 e. The van der Waals surface area contributed by atoms with E-state index < -0.39 is 5.82 Å². The molecule has 1 unspecified atom stereocenters. The molecule has 0 aliphatic heterocycles. The molecule has 0 aromatic heterocycles. The predicted octanol–water partition coefficient (Wildman–Crippen LogP) is 4.83. The number of fused-ring (bicyclic) bond motifs is 1. The summed E-state index contributed by atoms with van der Waals surface area (Å²) in [6, 6.07) is 13.1. The van der Waals surface area contributed by atoms with E-state index in [1.807, 2.05) is 19.1 Å². The molecular formula is C19H19FO. The Morgan fingerprint density at radius 3 is 2.90 bits per heavy atom. The van der Waals surface area contributed by atoms with Crippen molar-refractivity contribution in [3.8, 4) is 0 Å². The van der Waals surface area contributed by atoms with Gasteiger partial charge in [0.25, 0.3) is 0 Å². The lowest BCUT2D eigenvalue weighted by atomic mass is 9.79. The standard InChI is InChI=1S/C19H19FO/c1-13-9-10-18(20)17(11-13)19(21)12-15-7-4-6-14-5-2-3-8-16(14)15/h2-3,5,8-11,15H,4,6-7,12H2,1H3. The van der Waals surface area contributed by atoms with Gasteiger partial charge in [0.1, 0.15) is 5.82 Å². The average molecular weight is 282 g/mol. The number of halogens is 1. The number of benzene rings is 2. The molecule has 1 aliphatic rings. The number of carbonyl (C=O) groups is 1. The van der Waals surface area contributed by atoms with Gasteiger partial charge >= 0.3 is 0 Å². The molecule has 0 saturated heterocycles. The Morgan fingerprint density at radius 2 is 2.05 bits per heavy atom. The molecule has 0 N–H and O–H groups in total. The van der Waals surface area contributed by atoms with Gasteiger partial charge in [-0.25, -0.2) is 4.39 Å². The van der Waals surface area contributed by atoms with Gasteiger partial charge < -0.3 is 0 Å². The van der Waals surface area contributed by atoms with Gasteiger partial charge in [0, 0.05) is 6.42 Å². The van der Waals surface area contributed by atoms with E-state index in [0.29, 0.717) is 6.42 Å². The van der Waals surface area contributed by atoms with E-state index in [0.717, 1.165) is 24.8 Å². The first-order valence-corrected chi connectivity index (χ1v) is 7.52. The summed E-state index contributed by atoms with van der Waals surface area (Å²) in [4.78, 5) is 12.5. The Bertz CT molecular complexity index is 675. The highest BCUT2D eigenvalue weighted by Crippen LogP contribution is 2.34. The molecule has 0 spiro atoms. The molecular weight excluding hydrogens is 263 g/mol. The van der Waals surface area contributed by atoms with Gasteiger partial charge in [-0.2, -0.15) is 0 Å². The second-order valence-corrected chi connectivity index (χ2v) is 5.90. The van der Waals surface area contributed by atoms with Crippen LogP contribution in [0.3, 0.4) is 0 Å². The zero-order valence-corrected chi connectivity index (χ0v) is 12.2. The van der Waals surface area contributed by atoms with Crippen molar-refractivity contribution in [2.45, 2.75) is 38.5 Å². The Kier molecular flexibility index (Phi) is 3.87. The quantitative estimate of drug-likeness (QED) is 0.737. The van der Waals surface area contributed by atoms with E-state index in [1.165, 1.54) is 17.2 Å². The lowest BCUT2D eigenvalue weighted by molar-refractivity contribution is 0.0967. The summed E-state index contributed by atoms with van der Waals surface area (Å²) in [5, 5.41) is 0. The summed E-state index contributed by atoms with van der Waals surface area (Å²) >= 11 is 0. The Morgan fingerprint density at radius 1 is 1.24 bits per heavy atom. The fourth-order valence-corrected chi connectivity index (χ4v) is 3.25. The fourth-order valence-electron chi connectivity index (χ4n) is 3.25. The average Bonchev–Trinajstić information content (AvgIpc) is 2.50. The van der Waals surface area contributed by atoms with E-state index in [9.17, 15) is 9.18 Å². The maximum Gasteiger partial charge on any atom is 0.166 e. The third-order valence-electron chi connectivity index (χ3n) is 4.35. The van der Waals surface area contributed by atoms with Crippen LogP contribution in [0.1, 0.15) is 52.2 Å². The van der Waals surface area contributed by atoms with Crippen molar-refractivity contribution < 1.29 is 9.18 Å². The van der Waals surface area contributed by atoms with Crippen LogP contribution in [0, 0.1) is 12.7 Å². The number of Topliss-reactive ketones (excluding diaryl/α,β-unsaturated/α-hetero) is 1. The molecule has 2 aromatic rings. The molecule has 0 radical (unpaired) electrons. The van der Waals surface area contributed by atoms with Gasteiger partial charge in [-0.1, -0.05) is 35.9 Å². The zero-order chi connectivity index (χ0) is 14.8. The van der Waals surface area contributed by atoms with Crippen LogP contribution < -0.4 is 0 Å². The molecule has 0 bridgehead atoms. The van der Waals surface area contributed by atoms with Gasteiger partial charge in [0.05, 0.1) is 5.56 Å². The summed E-state index contributed by atoms with van der Waals surface area (Å²) in [6.45, 7) is 1.88. The minimum absolute atomic E-state index is 0.0853. The molecule has 1 nitrogen and oxygen atoms in total. The highest BCUT2D eigenvalue weighted by Gasteiger charge is 2.24. The number of hydrogen-bond donors (Lipinski definition) is 0. The van der Waals surface area contributed by atoms with Gasteiger partial charge in [0.2, 0.25) is 0 Å². The summed E-state index contributed by atoms with van der Waals surface area (Å²) < 4.78 is 13.8. The van der Waals surface area contributed by atoms with Crippen LogP contribution in [-0.4, -0.2) is 5.78 Å². The fraction of sp³-hybridized carbons (Fsp3) is 0.316. The summed E-state index contributed by atoms with van der Waals surface area (Å²) in [7, 11) is 0. The second kappa shape index (κ2) is 5.80. The minimum Gasteiger partial charge on any atom is -0.294 e. The first-order chi connectivity index (χ1) is 10.1. The number of hydrogen-bond acceptors (Lipinski definition) is 1. The van der Waals surface area contributed by atoms with Gasteiger partial charge in [-0.15, -0.1) is 0 Å². The molecule has 0 heterocycles. The van der Waals surface area contributed by atoms with Gasteiger partial charge in [-0.3, -0.25) is 4.79 Å². The van der Waals surface area contributed by atoms with E-state index in [2.05, 4.69) is 12.1 Å². The van der Waals surface area contributed by atoms with E-state index in [4.69, 9.17) is 0 Å². The van der Waals surface area contributed by atoms with Crippen molar-refractivity contribution in [3.63, 3.8) is 0 Å². The lowest BCUT2D eigenvalue weighted by Crippen LogP contribution is -2.14. The van der Waals surface area contributed by atoms with Crippen molar-refractivity contribution in [3.05, 3.63) is 70.5 Å². The van der Waals surface area contributed by atoms with Crippen molar-refractivity contribution >= 4 is 5.78 Å². The van der Waals surface area contributed by atoms with E-state index in [1.54, 1.807) is 12.1 Å². The van der Waals surface area contributed by atoms with Gasteiger partial charge in [0.15, 0.2) is 5.78 Å².